The van der Waals surface area contributed by atoms with Crippen LogP contribution in [0.25, 0.3) is 0 Å². The second kappa shape index (κ2) is 8.20. The molecule has 7 nitrogen and oxygen atoms in total. The number of hydrogen-bond donors (Lipinski definition) is 4. The summed E-state index contributed by atoms with van der Waals surface area (Å²) in [6, 6.07) is 6.71. The number of imidazole rings is 1. The molecule has 9 heteroatoms. The van der Waals surface area contributed by atoms with E-state index in [1.54, 1.807) is 43.6 Å². The van der Waals surface area contributed by atoms with E-state index in [0.717, 1.165) is 0 Å². The highest BCUT2D eigenvalue weighted by molar-refractivity contribution is 6.38. The van der Waals surface area contributed by atoms with Crippen molar-refractivity contribution in [3.63, 3.8) is 0 Å². The first-order valence-electron chi connectivity index (χ1n) is 7.98. The molecule has 0 aliphatic rings. The van der Waals surface area contributed by atoms with E-state index in [4.69, 9.17) is 28.6 Å². The van der Waals surface area contributed by atoms with Gasteiger partial charge in [0.15, 0.2) is 0 Å². The Balaban J connectivity index is 1.85. The van der Waals surface area contributed by atoms with Crippen LogP contribution in [0.2, 0.25) is 10.0 Å². The lowest BCUT2D eigenvalue weighted by atomic mass is 10.1. The maximum absolute atomic E-state index is 12.6. The van der Waals surface area contributed by atoms with Gasteiger partial charge in [-0.1, -0.05) is 23.2 Å². The average Bonchev–Trinajstić information content (AvgIpc) is 3.15. The number of aromatic amines is 1. The van der Waals surface area contributed by atoms with Crippen molar-refractivity contribution in [1.82, 2.24) is 15.0 Å². The smallest absolute Gasteiger partial charge is 0.258 e. The quantitative estimate of drug-likeness (QED) is 0.459. The van der Waals surface area contributed by atoms with Crippen LogP contribution in [0.3, 0.4) is 0 Å². The van der Waals surface area contributed by atoms with Crippen molar-refractivity contribution in [3.8, 4) is 0 Å². The van der Waals surface area contributed by atoms with Crippen molar-refractivity contribution in [2.24, 2.45) is 0 Å². The fourth-order valence-electron chi connectivity index (χ4n) is 2.42. The van der Waals surface area contributed by atoms with Gasteiger partial charge in [-0.2, -0.15) is 0 Å². The van der Waals surface area contributed by atoms with E-state index < -0.39 is 5.91 Å². The number of rotatable bonds is 6. The highest BCUT2D eigenvalue weighted by Crippen LogP contribution is 2.28. The molecule has 0 atom stereocenters. The van der Waals surface area contributed by atoms with E-state index in [9.17, 15) is 4.79 Å². The van der Waals surface area contributed by atoms with Crippen molar-refractivity contribution in [2.75, 3.05) is 10.6 Å². The van der Waals surface area contributed by atoms with Crippen molar-refractivity contribution in [3.05, 3.63) is 69.9 Å². The minimum absolute atomic E-state index is 0.158. The van der Waals surface area contributed by atoms with Gasteiger partial charge >= 0.3 is 0 Å². The van der Waals surface area contributed by atoms with Crippen LogP contribution in [0, 0.1) is 5.41 Å². The Morgan fingerprint density at radius 1 is 1.22 bits per heavy atom. The van der Waals surface area contributed by atoms with Crippen LogP contribution in [0.15, 0.2) is 42.9 Å². The molecule has 2 heterocycles. The van der Waals surface area contributed by atoms with Gasteiger partial charge in [-0.15, -0.1) is 0 Å². The van der Waals surface area contributed by atoms with Crippen LogP contribution in [0.4, 0.5) is 11.5 Å². The summed E-state index contributed by atoms with van der Waals surface area (Å²) in [6.07, 6.45) is 4.74. The molecule has 0 fully saturated rings. The molecule has 3 rings (SSSR count). The Labute approximate surface area is 165 Å². The number of nitrogens with one attached hydrogen (secondary N) is 4. The van der Waals surface area contributed by atoms with Gasteiger partial charge in [-0.3, -0.25) is 4.79 Å². The standard InChI is InChI=1S/C18H16Cl2N6O/c1-10(21)15-16(20)13(18(27)26-12-4-2-11(19)3-5-12)8-24-17(15)25-9-14-22-6-7-23-14/h2-8,21H,9H2,1H3,(H,22,23)(H,24,25)(H,26,27). The fraction of sp³-hybridized carbons (Fsp3) is 0.111. The van der Waals surface area contributed by atoms with Gasteiger partial charge in [0.1, 0.15) is 11.6 Å². The van der Waals surface area contributed by atoms with Crippen LogP contribution in [-0.2, 0) is 6.54 Å². The summed E-state index contributed by atoms with van der Waals surface area (Å²) in [5.74, 6) is 0.702. The number of H-pyrrole nitrogens is 1. The van der Waals surface area contributed by atoms with E-state index in [-0.39, 0.29) is 16.3 Å². The van der Waals surface area contributed by atoms with Crippen molar-refractivity contribution >= 4 is 46.3 Å². The van der Waals surface area contributed by atoms with Gasteiger partial charge in [-0.25, -0.2) is 9.97 Å². The summed E-state index contributed by atoms with van der Waals surface area (Å²) >= 11 is 12.3. The molecule has 1 aromatic carbocycles. The number of hydrogen-bond acceptors (Lipinski definition) is 5. The van der Waals surface area contributed by atoms with Gasteiger partial charge in [-0.05, 0) is 31.2 Å². The maximum atomic E-state index is 12.6. The highest BCUT2D eigenvalue weighted by atomic mass is 35.5. The Morgan fingerprint density at radius 3 is 2.59 bits per heavy atom. The SMILES string of the molecule is CC(=N)c1c(NCc2ncc[nH]2)ncc(C(=O)Nc2ccc(Cl)cc2)c1Cl. The number of benzene rings is 1. The van der Waals surface area contributed by atoms with Crippen molar-refractivity contribution in [2.45, 2.75) is 13.5 Å². The molecular weight excluding hydrogens is 387 g/mol. The predicted molar refractivity (Wildman–Crippen MR) is 107 cm³/mol. The third-order valence-electron chi connectivity index (χ3n) is 3.72. The normalized spacial score (nSPS) is 10.5. The number of carbonyl (C=O) groups is 1. The fourth-order valence-corrected chi connectivity index (χ4v) is 2.91. The molecule has 0 saturated heterocycles. The molecule has 138 valence electrons. The van der Waals surface area contributed by atoms with E-state index in [1.807, 2.05) is 0 Å². The molecule has 0 bridgehead atoms. The van der Waals surface area contributed by atoms with Crippen LogP contribution in [0.5, 0.6) is 0 Å². The van der Waals surface area contributed by atoms with Crippen LogP contribution in [-0.4, -0.2) is 26.6 Å². The minimum Gasteiger partial charge on any atom is -0.362 e. The van der Waals surface area contributed by atoms with Gasteiger partial charge in [0, 0.05) is 35.0 Å². The molecule has 4 N–H and O–H groups in total. The predicted octanol–water partition coefficient (Wildman–Crippen LogP) is 4.36. The average molecular weight is 403 g/mol. The molecule has 27 heavy (non-hydrogen) atoms. The maximum Gasteiger partial charge on any atom is 0.258 e. The topological polar surface area (TPSA) is 107 Å². The Hall–Kier alpha value is -2.90. The number of aromatic nitrogens is 3. The first-order chi connectivity index (χ1) is 13.0. The molecule has 0 spiro atoms. The molecule has 3 aromatic rings. The third kappa shape index (κ3) is 4.45. The summed E-state index contributed by atoms with van der Waals surface area (Å²) in [5, 5.41) is 14.6. The Morgan fingerprint density at radius 2 is 1.96 bits per heavy atom. The van der Waals surface area contributed by atoms with E-state index in [1.165, 1.54) is 6.20 Å². The number of amides is 1. The largest absolute Gasteiger partial charge is 0.362 e. The van der Waals surface area contributed by atoms with Crippen molar-refractivity contribution < 1.29 is 4.79 Å². The lowest BCUT2D eigenvalue weighted by Crippen LogP contribution is -2.16. The van der Waals surface area contributed by atoms with Gasteiger partial charge in [0.25, 0.3) is 5.91 Å². The monoisotopic (exact) mass is 402 g/mol. The summed E-state index contributed by atoms with van der Waals surface area (Å²) in [4.78, 5) is 23.9. The van der Waals surface area contributed by atoms with Crippen LogP contribution < -0.4 is 10.6 Å². The van der Waals surface area contributed by atoms with E-state index in [0.29, 0.717) is 34.5 Å². The number of carbonyl (C=O) groups excluding carboxylic acids is 1. The van der Waals surface area contributed by atoms with Gasteiger partial charge < -0.3 is 21.0 Å². The lowest BCUT2D eigenvalue weighted by molar-refractivity contribution is 0.102. The molecule has 0 radical (unpaired) electrons. The first-order valence-corrected chi connectivity index (χ1v) is 8.74. The van der Waals surface area contributed by atoms with Crippen LogP contribution in [0.1, 0.15) is 28.7 Å². The lowest BCUT2D eigenvalue weighted by Gasteiger charge is -2.14. The first kappa shape index (κ1) is 18.9. The molecule has 0 aliphatic carbocycles. The molecular formula is C18H16Cl2N6O. The van der Waals surface area contributed by atoms with Crippen LogP contribution >= 0.6 is 23.2 Å². The number of nitrogens with zero attached hydrogens (tertiary/aromatic N) is 2. The summed E-state index contributed by atoms with van der Waals surface area (Å²) in [5.41, 5.74) is 1.31. The molecule has 1 amide bonds. The highest BCUT2D eigenvalue weighted by Gasteiger charge is 2.20. The molecule has 0 aliphatic heterocycles. The molecule has 2 aromatic heterocycles. The Kier molecular flexibility index (Phi) is 5.73. The molecule has 0 saturated carbocycles. The summed E-state index contributed by atoms with van der Waals surface area (Å²) in [6.45, 7) is 1.97. The number of anilines is 2. The van der Waals surface area contributed by atoms with E-state index in [2.05, 4.69) is 25.6 Å². The second-order valence-corrected chi connectivity index (χ2v) is 6.50. The van der Waals surface area contributed by atoms with Crippen molar-refractivity contribution in [1.29, 1.82) is 5.41 Å². The third-order valence-corrected chi connectivity index (χ3v) is 4.36. The zero-order chi connectivity index (χ0) is 19.4. The van der Waals surface area contributed by atoms with E-state index >= 15 is 0 Å². The summed E-state index contributed by atoms with van der Waals surface area (Å²) < 4.78 is 0. The minimum atomic E-state index is -0.421. The second-order valence-electron chi connectivity index (χ2n) is 5.68. The van der Waals surface area contributed by atoms with Gasteiger partial charge in [0.2, 0.25) is 0 Å². The number of halogens is 2. The summed E-state index contributed by atoms with van der Waals surface area (Å²) in [7, 11) is 0. The zero-order valence-corrected chi connectivity index (χ0v) is 15.8. The molecule has 0 unspecified atom stereocenters. The zero-order valence-electron chi connectivity index (χ0n) is 14.3. The number of pyridine rings is 1. The Bertz CT molecular complexity index is 970. The van der Waals surface area contributed by atoms with Gasteiger partial charge in [0.05, 0.1) is 22.7 Å².